The molecule has 2 heterocycles. The Bertz CT molecular complexity index is 715. The van der Waals surface area contributed by atoms with Crippen LogP contribution in [0.5, 0.6) is 0 Å². The molecule has 28 heavy (non-hydrogen) atoms. The third-order valence-corrected chi connectivity index (χ3v) is 3.88. The van der Waals surface area contributed by atoms with Crippen LogP contribution in [-0.4, -0.2) is 32.0 Å². The lowest BCUT2D eigenvalue weighted by atomic mass is 10.2. The van der Waals surface area contributed by atoms with Gasteiger partial charge in [0.2, 0.25) is 11.9 Å². The van der Waals surface area contributed by atoms with Crippen molar-refractivity contribution >= 4 is 38.9 Å². The van der Waals surface area contributed by atoms with E-state index in [2.05, 4.69) is 30.6 Å². The molecule has 0 aromatic carbocycles. The molecular weight excluding hydrogens is 409 g/mol. The van der Waals surface area contributed by atoms with E-state index in [0.717, 1.165) is 18.9 Å². The number of rotatable bonds is 7. The van der Waals surface area contributed by atoms with E-state index in [-0.39, 0.29) is 50.6 Å². The van der Waals surface area contributed by atoms with Gasteiger partial charge in [0.05, 0.1) is 0 Å². The number of nitrogens with zero attached hydrogens (tertiary/aromatic N) is 4. The average molecular weight is 437 g/mol. The highest BCUT2D eigenvalue weighted by Crippen LogP contribution is 2.29. The minimum atomic E-state index is -4.53. The minimum absolute atomic E-state index is 0. The van der Waals surface area contributed by atoms with Crippen LogP contribution in [0.2, 0.25) is 0 Å². The van der Waals surface area contributed by atoms with Gasteiger partial charge in [-0.1, -0.05) is 19.9 Å². The Labute approximate surface area is 177 Å². The summed E-state index contributed by atoms with van der Waals surface area (Å²) in [5, 5.41) is 6.25. The highest BCUT2D eigenvalue weighted by molar-refractivity contribution is 7.59. The summed E-state index contributed by atoms with van der Waals surface area (Å²) >= 11 is 0. The first-order valence-corrected chi connectivity index (χ1v) is 8.56. The van der Waals surface area contributed by atoms with Crippen LogP contribution in [0.25, 0.3) is 11.5 Å². The van der Waals surface area contributed by atoms with Crippen molar-refractivity contribution in [1.29, 1.82) is 0 Å². The van der Waals surface area contributed by atoms with Crippen molar-refractivity contribution in [1.82, 2.24) is 19.9 Å². The maximum Gasteiger partial charge on any atom is 0.433 e. The summed E-state index contributed by atoms with van der Waals surface area (Å²) in [5.74, 6) is 0.687. The zero-order chi connectivity index (χ0) is 19.3. The molecular formula is C17H27F3N6S2. The first-order valence-electron chi connectivity index (χ1n) is 8.56. The second-order valence-corrected chi connectivity index (χ2v) is 6.12. The van der Waals surface area contributed by atoms with Crippen LogP contribution < -0.4 is 10.6 Å². The number of aromatic nitrogens is 4. The van der Waals surface area contributed by atoms with Gasteiger partial charge in [-0.3, -0.25) is 0 Å². The smallest absolute Gasteiger partial charge is 0.352 e. The Hall–Kier alpha value is -1.75. The molecule has 2 atom stereocenters. The van der Waals surface area contributed by atoms with Gasteiger partial charge in [-0.2, -0.15) is 55.1 Å². The minimum Gasteiger partial charge on any atom is -0.352 e. The van der Waals surface area contributed by atoms with Gasteiger partial charge in [-0.05, 0) is 38.8 Å². The van der Waals surface area contributed by atoms with Crippen LogP contribution in [0.1, 0.15) is 46.2 Å². The first-order chi connectivity index (χ1) is 12.2. The third kappa shape index (κ3) is 7.34. The lowest BCUT2D eigenvalue weighted by Crippen LogP contribution is -2.20. The van der Waals surface area contributed by atoms with Crippen molar-refractivity contribution in [2.75, 3.05) is 10.6 Å². The molecule has 2 aromatic rings. The molecule has 2 rings (SSSR count). The van der Waals surface area contributed by atoms with Gasteiger partial charge >= 0.3 is 6.18 Å². The van der Waals surface area contributed by atoms with Crippen LogP contribution in [0.4, 0.5) is 25.1 Å². The summed E-state index contributed by atoms with van der Waals surface area (Å²) in [5.41, 5.74) is -0.940. The van der Waals surface area contributed by atoms with Gasteiger partial charge < -0.3 is 10.6 Å². The quantitative estimate of drug-likeness (QED) is 0.661. The Morgan fingerprint density at radius 1 is 0.857 bits per heavy atom. The van der Waals surface area contributed by atoms with E-state index in [4.69, 9.17) is 0 Å². The standard InChI is InChI=1S/C17H23F3N6.2H2S/c1-5-10(3)21-15-24-14(25-16(26-15)22-11(4)6-2)12-8-7-9-13(23-12)17(18,19)20;;/h7-11H,5-6H2,1-4H3,(H2,21,22,24,25,26);2*1H2/t10-,11-;;/m0../s1. The number of alkyl halides is 3. The SMILES string of the molecule is CC[C@H](C)Nc1nc(N[C@@H](C)CC)nc(-c2cccc(C(F)(F)F)n2)n1.S.S. The van der Waals surface area contributed by atoms with Crippen molar-refractivity contribution < 1.29 is 13.2 Å². The molecule has 6 nitrogen and oxygen atoms in total. The summed E-state index contributed by atoms with van der Waals surface area (Å²) in [4.78, 5) is 16.5. The molecule has 11 heteroatoms. The molecule has 158 valence electrons. The molecule has 0 fully saturated rings. The number of pyridine rings is 1. The monoisotopic (exact) mass is 436 g/mol. The van der Waals surface area contributed by atoms with E-state index in [1.807, 2.05) is 27.7 Å². The molecule has 0 spiro atoms. The second-order valence-electron chi connectivity index (χ2n) is 6.12. The Morgan fingerprint density at radius 2 is 1.36 bits per heavy atom. The second kappa shape index (κ2) is 11.3. The van der Waals surface area contributed by atoms with E-state index < -0.39 is 11.9 Å². The molecule has 0 aliphatic heterocycles. The molecule has 2 N–H and O–H groups in total. The van der Waals surface area contributed by atoms with Gasteiger partial charge in [-0.15, -0.1) is 0 Å². The van der Waals surface area contributed by atoms with Crippen LogP contribution in [0.15, 0.2) is 18.2 Å². The largest absolute Gasteiger partial charge is 0.433 e. The molecule has 0 aliphatic carbocycles. The molecule has 0 aliphatic rings. The maximum atomic E-state index is 12.9. The van der Waals surface area contributed by atoms with Gasteiger partial charge in [0.25, 0.3) is 0 Å². The topological polar surface area (TPSA) is 75.6 Å². The molecule has 0 radical (unpaired) electrons. The highest BCUT2D eigenvalue weighted by atomic mass is 32.1. The zero-order valence-electron chi connectivity index (χ0n) is 16.2. The summed E-state index contributed by atoms with van der Waals surface area (Å²) in [6.07, 6.45) is -2.84. The molecule has 0 saturated carbocycles. The van der Waals surface area contributed by atoms with Gasteiger partial charge in [0.1, 0.15) is 11.4 Å². The lowest BCUT2D eigenvalue weighted by Gasteiger charge is -2.16. The number of hydrogen-bond acceptors (Lipinski definition) is 6. The van der Waals surface area contributed by atoms with Crippen LogP contribution in [0, 0.1) is 0 Å². The maximum absolute atomic E-state index is 12.9. The fourth-order valence-electron chi connectivity index (χ4n) is 1.98. The van der Waals surface area contributed by atoms with Crippen LogP contribution >= 0.6 is 27.0 Å². The first kappa shape index (κ1) is 26.2. The number of hydrogen-bond donors (Lipinski definition) is 2. The third-order valence-electron chi connectivity index (χ3n) is 3.88. The van der Waals surface area contributed by atoms with Crippen molar-refractivity contribution in [3.8, 4) is 11.5 Å². The number of nitrogens with one attached hydrogen (secondary N) is 2. The highest BCUT2D eigenvalue weighted by Gasteiger charge is 2.32. The molecule has 0 amide bonds. The number of halogens is 3. The van der Waals surface area contributed by atoms with Crippen LogP contribution in [0.3, 0.4) is 0 Å². The predicted molar refractivity (Wildman–Crippen MR) is 116 cm³/mol. The van der Waals surface area contributed by atoms with Crippen molar-refractivity contribution in [3.63, 3.8) is 0 Å². The van der Waals surface area contributed by atoms with E-state index in [1.165, 1.54) is 12.1 Å². The molecule has 0 unspecified atom stereocenters. The van der Waals surface area contributed by atoms with Crippen molar-refractivity contribution in [3.05, 3.63) is 23.9 Å². The summed E-state index contributed by atoms with van der Waals surface area (Å²) < 4.78 is 38.8. The fourth-order valence-corrected chi connectivity index (χ4v) is 1.98. The molecule has 2 aromatic heterocycles. The van der Waals surface area contributed by atoms with Crippen LogP contribution in [-0.2, 0) is 6.18 Å². The van der Waals surface area contributed by atoms with E-state index >= 15 is 0 Å². The summed E-state index contributed by atoms with van der Waals surface area (Å²) in [7, 11) is 0. The average Bonchev–Trinajstić information content (AvgIpc) is 2.60. The predicted octanol–water partition coefficient (Wildman–Crippen LogP) is 4.60. The van der Waals surface area contributed by atoms with Gasteiger partial charge in [0, 0.05) is 12.1 Å². The Kier molecular flexibility index (Phi) is 10.6. The van der Waals surface area contributed by atoms with Gasteiger partial charge in [0.15, 0.2) is 5.82 Å². The Morgan fingerprint density at radius 3 is 1.79 bits per heavy atom. The number of anilines is 2. The normalized spacial score (nSPS) is 13.0. The van der Waals surface area contributed by atoms with E-state index in [0.29, 0.717) is 11.9 Å². The summed E-state index contributed by atoms with van der Waals surface area (Å²) in [6.45, 7) is 7.94. The van der Waals surface area contributed by atoms with E-state index in [1.54, 1.807) is 0 Å². The molecule has 0 saturated heterocycles. The fraction of sp³-hybridized carbons (Fsp3) is 0.529. The van der Waals surface area contributed by atoms with Crippen molar-refractivity contribution in [2.45, 2.75) is 58.8 Å². The van der Waals surface area contributed by atoms with E-state index in [9.17, 15) is 13.2 Å². The summed E-state index contributed by atoms with van der Waals surface area (Å²) in [6, 6.07) is 3.87. The van der Waals surface area contributed by atoms with Crippen molar-refractivity contribution in [2.24, 2.45) is 0 Å². The zero-order valence-corrected chi connectivity index (χ0v) is 18.2. The van der Waals surface area contributed by atoms with Gasteiger partial charge in [-0.25, -0.2) is 4.98 Å². The molecule has 0 bridgehead atoms. The lowest BCUT2D eigenvalue weighted by molar-refractivity contribution is -0.141. The Balaban J connectivity index is 0.00000364.